The number of halogens is 23. The highest BCUT2D eigenvalue weighted by Gasteiger charge is 2.99. The molecule has 0 saturated carbocycles. The molecule has 0 atom stereocenters. The highest BCUT2D eigenvalue weighted by atomic mass is 32.3. The molecule has 0 fully saturated rings. The average Bonchev–Trinajstić information content (AvgIpc) is 3.16. The Morgan fingerprint density at radius 3 is 0.938 bits per heavy atom. The van der Waals surface area contributed by atoms with Crippen molar-refractivity contribution >= 4 is 16.3 Å². The van der Waals surface area contributed by atoms with Crippen LogP contribution in [0.5, 0.6) is 11.5 Å². The second-order valence-corrected chi connectivity index (χ2v) is 16.5. The van der Waals surface area contributed by atoms with Crippen molar-refractivity contribution in [2.75, 3.05) is 0 Å². The number of hydrogen-bond acceptors (Lipinski definition) is 4. The number of ether oxygens (including phenoxy) is 2. The minimum absolute atomic E-state index is 0.0373. The Balaban J connectivity index is 2.29. The Morgan fingerprint density at radius 2 is 0.656 bits per heavy atom. The Hall–Kier alpha value is -4.53. The number of rotatable bonds is 18. The molecule has 0 aliphatic heterocycles. The second-order valence-electron chi connectivity index (χ2n) is 13.8. The molecule has 28 heteroatoms. The van der Waals surface area contributed by atoms with Crippen LogP contribution in [0.3, 0.4) is 0 Å². The molecule has 0 bridgehead atoms. The van der Waals surface area contributed by atoms with E-state index in [0.717, 1.165) is 72.8 Å². The van der Waals surface area contributed by atoms with Gasteiger partial charge in [0.25, 0.3) is 0 Å². The standard InChI is InChI=1S/C36H27F23O4S/c1-18(2)61-20-10-14-23(15-11-20)64(22-8-6-5-7-9-22,24-16-12-21(13-17-24)62-19(3)4)63-25(60)26(37,38)27(39,40)28(41,42)29(43,44)30(45,46)31(47,48)32(49,50)33(51,52)34(53,54)35(55,56)36(57,58)59/h5-19H,1-4H3. The lowest BCUT2D eigenvalue weighted by molar-refractivity contribution is -0.477. The molecule has 3 aromatic rings. The van der Waals surface area contributed by atoms with Gasteiger partial charge < -0.3 is 13.7 Å². The van der Waals surface area contributed by atoms with Crippen LogP contribution in [0, 0.1) is 0 Å². The fourth-order valence-corrected chi connectivity index (χ4v) is 8.19. The van der Waals surface area contributed by atoms with Crippen LogP contribution in [0.15, 0.2) is 93.5 Å². The third-order valence-electron chi connectivity index (χ3n) is 8.49. The first-order valence-corrected chi connectivity index (χ1v) is 18.6. The van der Waals surface area contributed by atoms with Gasteiger partial charge in [-0.15, -0.1) is 0 Å². The van der Waals surface area contributed by atoms with E-state index >= 15 is 17.6 Å². The highest BCUT2D eigenvalue weighted by molar-refractivity contribution is 8.30. The summed E-state index contributed by atoms with van der Waals surface area (Å²) in [5.41, 5.74) is 0. The number of carbonyl (C=O) groups excluding carboxylic acids is 1. The number of hydrogen-bond donors (Lipinski definition) is 0. The van der Waals surface area contributed by atoms with Crippen molar-refractivity contribution in [3.63, 3.8) is 0 Å². The average molecular weight is 993 g/mol. The third-order valence-corrected chi connectivity index (χ3v) is 11.7. The van der Waals surface area contributed by atoms with Gasteiger partial charge in [-0.05, 0) is 98.7 Å². The van der Waals surface area contributed by atoms with Crippen LogP contribution < -0.4 is 9.47 Å². The molecule has 0 aromatic heterocycles. The predicted octanol–water partition coefficient (Wildman–Crippen LogP) is 13.9. The van der Waals surface area contributed by atoms with E-state index in [-0.39, 0.29) is 11.5 Å². The van der Waals surface area contributed by atoms with Gasteiger partial charge >= 0.3 is 71.4 Å². The molecule has 0 heterocycles. The summed E-state index contributed by atoms with van der Waals surface area (Å²) in [6, 6.07) is 12.9. The number of alkyl halides is 23. The van der Waals surface area contributed by atoms with Gasteiger partial charge in [0.05, 0.1) is 12.2 Å². The van der Waals surface area contributed by atoms with E-state index < -0.39 is 109 Å². The first kappa shape index (κ1) is 53.8. The first-order valence-electron chi connectivity index (χ1n) is 17.0. The van der Waals surface area contributed by atoms with E-state index in [1.807, 2.05) is 0 Å². The van der Waals surface area contributed by atoms with Crippen molar-refractivity contribution in [3.8, 4) is 11.5 Å². The molecular formula is C36H27F23O4S. The van der Waals surface area contributed by atoms with Crippen LogP contribution in [0.2, 0.25) is 0 Å². The zero-order chi connectivity index (χ0) is 49.9. The van der Waals surface area contributed by atoms with E-state index in [0.29, 0.717) is 0 Å². The van der Waals surface area contributed by atoms with Crippen LogP contribution in [-0.4, -0.2) is 83.6 Å². The smallest absolute Gasteiger partial charge is 0.460 e. The lowest BCUT2D eigenvalue weighted by atomic mass is 9.85. The molecule has 3 aromatic carbocycles. The Labute approximate surface area is 346 Å². The molecule has 0 spiro atoms. The van der Waals surface area contributed by atoms with Crippen molar-refractivity contribution in [3.05, 3.63) is 78.9 Å². The highest BCUT2D eigenvalue weighted by Crippen LogP contribution is 2.71. The topological polar surface area (TPSA) is 44.8 Å². The molecular weight excluding hydrogens is 965 g/mol. The predicted molar refractivity (Wildman–Crippen MR) is 175 cm³/mol. The molecule has 0 amide bonds. The summed E-state index contributed by atoms with van der Waals surface area (Å²) >= 11 is 0. The molecule has 0 radical (unpaired) electrons. The summed E-state index contributed by atoms with van der Waals surface area (Å²) in [6.07, 6.45) is -9.32. The zero-order valence-electron chi connectivity index (χ0n) is 31.9. The normalized spacial score (nSPS) is 15.1. The van der Waals surface area contributed by atoms with Crippen LogP contribution >= 0.6 is 10.3 Å². The van der Waals surface area contributed by atoms with Crippen molar-refractivity contribution in [1.29, 1.82) is 0 Å². The van der Waals surface area contributed by atoms with Crippen LogP contribution in [0.25, 0.3) is 0 Å². The molecule has 64 heavy (non-hydrogen) atoms. The summed E-state index contributed by atoms with van der Waals surface area (Å²) in [4.78, 5) is 11.6. The van der Waals surface area contributed by atoms with Gasteiger partial charge in [0, 0.05) is 14.7 Å². The Kier molecular flexibility index (Phi) is 14.1. The van der Waals surface area contributed by atoms with Crippen molar-refractivity contribution < 1.29 is 119 Å². The van der Waals surface area contributed by atoms with Crippen molar-refractivity contribution in [2.24, 2.45) is 0 Å². The summed E-state index contributed by atoms with van der Waals surface area (Å²) in [5.74, 6) is -95.0. The van der Waals surface area contributed by atoms with E-state index in [9.17, 15) is 88.2 Å². The molecule has 0 aliphatic rings. The third kappa shape index (κ3) is 8.09. The van der Waals surface area contributed by atoms with Crippen LogP contribution in [0.1, 0.15) is 27.7 Å². The van der Waals surface area contributed by atoms with Crippen molar-refractivity contribution in [1.82, 2.24) is 0 Å². The fourth-order valence-electron chi connectivity index (χ4n) is 5.18. The lowest BCUT2D eigenvalue weighted by Crippen LogP contribution is -2.78. The zero-order valence-corrected chi connectivity index (χ0v) is 32.7. The summed E-state index contributed by atoms with van der Waals surface area (Å²) in [7, 11) is -4.54. The van der Waals surface area contributed by atoms with E-state index in [2.05, 4.69) is 0 Å². The Morgan fingerprint density at radius 1 is 0.391 bits per heavy atom. The van der Waals surface area contributed by atoms with Crippen LogP contribution in [0.4, 0.5) is 101 Å². The van der Waals surface area contributed by atoms with E-state index in [1.165, 1.54) is 33.8 Å². The molecule has 362 valence electrons. The Bertz CT molecular complexity index is 2030. The molecule has 0 saturated heterocycles. The first-order chi connectivity index (χ1) is 28.5. The summed E-state index contributed by atoms with van der Waals surface area (Å²) < 4.78 is 341. The second kappa shape index (κ2) is 16.7. The van der Waals surface area contributed by atoms with E-state index in [1.54, 1.807) is 0 Å². The number of benzene rings is 3. The summed E-state index contributed by atoms with van der Waals surface area (Å²) in [6.45, 7) is 6.03. The SMILES string of the molecule is CC(C)Oc1ccc(S(OC(=O)C(F)(F)C(F)(F)C(F)(F)C(F)(F)C(F)(F)C(F)(F)C(F)(F)C(F)(F)C(F)(F)C(F)(F)C(F)(F)F)(c2ccccc2)c2ccc(OC(C)C)cc2)cc1. The minimum Gasteiger partial charge on any atom is -0.491 e. The maximum absolute atomic E-state index is 15.6. The molecule has 3 rings (SSSR count). The lowest BCUT2D eigenvalue weighted by Gasteiger charge is -2.45. The van der Waals surface area contributed by atoms with E-state index in [4.69, 9.17) is 13.7 Å². The van der Waals surface area contributed by atoms with Gasteiger partial charge in [0.1, 0.15) is 11.5 Å². The van der Waals surface area contributed by atoms with Crippen LogP contribution in [-0.2, 0) is 8.98 Å². The monoisotopic (exact) mass is 992 g/mol. The van der Waals surface area contributed by atoms with Gasteiger partial charge in [0.2, 0.25) is 0 Å². The molecule has 0 unspecified atom stereocenters. The fraction of sp³-hybridized carbons (Fsp3) is 0.472. The molecule has 4 nitrogen and oxygen atoms in total. The van der Waals surface area contributed by atoms with Gasteiger partial charge in [0.15, 0.2) is 0 Å². The molecule has 0 N–H and O–H groups in total. The minimum atomic E-state index is -9.59. The maximum Gasteiger partial charge on any atom is 0.460 e. The number of carbonyl (C=O) groups is 1. The molecule has 0 aliphatic carbocycles. The van der Waals surface area contributed by atoms with Gasteiger partial charge in [-0.3, -0.25) is 0 Å². The summed E-state index contributed by atoms with van der Waals surface area (Å²) in [5, 5.41) is 0. The van der Waals surface area contributed by atoms with Gasteiger partial charge in [-0.1, -0.05) is 18.2 Å². The van der Waals surface area contributed by atoms with Gasteiger partial charge in [-0.25, -0.2) is 4.79 Å². The maximum atomic E-state index is 15.6. The van der Waals surface area contributed by atoms with Crippen molar-refractivity contribution in [2.45, 2.75) is 120 Å². The van der Waals surface area contributed by atoms with Gasteiger partial charge in [-0.2, -0.15) is 101 Å². The quantitative estimate of drug-likeness (QED) is 0.119. The largest absolute Gasteiger partial charge is 0.491 e.